The van der Waals surface area contributed by atoms with Crippen LogP contribution in [0.3, 0.4) is 0 Å². The van der Waals surface area contributed by atoms with Gasteiger partial charge in [-0.2, -0.15) is 0 Å². The summed E-state index contributed by atoms with van der Waals surface area (Å²) in [5.74, 6) is 1.14. The molecule has 0 saturated carbocycles. The second kappa shape index (κ2) is 2.65. The van der Waals surface area contributed by atoms with Crippen LogP contribution in [-0.4, -0.2) is 24.0 Å². The first kappa shape index (κ1) is 6.27. The average molecular weight is 151 g/mol. The topological polar surface area (TPSA) is 45.8 Å². The summed E-state index contributed by atoms with van der Waals surface area (Å²) in [5.41, 5.74) is 0. The number of aromatic nitrogens is 1. The van der Waals surface area contributed by atoms with E-state index in [4.69, 9.17) is 9.15 Å². The van der Waals surface area contributed by atoms with Gasteiger partial charge in [-0.15, -0.1) is 0 Å². The van der Waals surface area contributed by atoms with Crippen LogP contribution in [0.15, 0.2) is 28.1 Å². The molecule has 0 fully saturated rings. The van der Waals surface area contributed by atoms with E-state index in [1.165, 1.54) is 6.26 Å². The van der Waals surface area contributed by atoms with E-state index in [2.05, 4.69) is 9.98 Å². The summed E-state index contributed by atoms with van der Waals surface area (Å²) in [5, 5.41) is 0. The van der Waals surface area contributed by atoms with Gasteiger partial charge in [0.15, 0.2) is 0 Å². The van der Waals surface area contributed by atoms with E-state index >= 15 is 0 Å². The third-order valence-corrected chi connectivity index (χ3v) is 1.33. The van der Waals surface area contributed by atoms with Gasteiger partial charge in [-0.3, -0.25) is 0 Å². The predicted octanol–water partition coefficient (Wildman–Crippen LogP) is 0.732. The summed E-state index contributed by atoms with van der Waals surface area (Å²) in [6.07, 6.45) is 4.66. The Kier molecular flexibility index (Phi) is 1.51. The van der Waals surface area contributed by atoms with Crippen molar-refractivity contribution in [3.63, 3.8) is 0 Å². The summed E-state index contributed by atoms with van der Waals surface area (Å²) in [7, 11) is 0. The Bertz CT molecular complexity index is 271. The zero-order chi connectivity index (χ0) is 7.52. The van der Waals surface area contributed by atoms with Crippen molar-refractivity contribution in [2.24, 2.45) is 4.99 Å². The highest BCUT2D eigenvalue weighted by Crippen LogP contribution is 2.04. The highest BCUT2D eigenvalue weighted by atomic mass is 16.5. The molecule has 0 amide bonds. The summed E-state index contributed by atoms with van der Waals surface area (Å²) in [4.78, 5) is 7.94. The molecule has 2 heterocycles. The smallest absolute Gasteiger partial charge is 0.431 e. The largest absolute Gasteiger partial charge is 0.469 e. The lowest BCUT2D eigenvalue weighted by Gasteiger charge is -1.88. The van der Waals surface area contributed by atoms with E-state index in [0.29, 0.717) is 24.8 Å². The van der Waals surface area contributed by atoms with Crippen molar-refractivity contribution in [1.82, 2.24) is 4.98 Å². The van der Waals surface area contributed by atoms with Crippen LogP contribution in [0, 0.1) is 0 Å². The minimum absolute atomic E-state index is 0.554. The van der Waals surface area contributed by atoms with Gasteiger partial charge in [0.05, 0.1) is 6.54 Å². The maximum absolute atomic E-state index is 5.16. The first-order valence-electron chi connectivity index (χ1n) is 3.36. The van der Waals surface area contributed by atoms with E-state index in [0.717, 1.165) is 0 Å². The van der Waals surface area contributed by atoms with Gasteiger partial charge >= 0.3 is 17.9 Å². The molecule has 0 unspecified atom stereocenters. The second-order valence-electron chi connectivity index (χ2n) is 2.08. The molecule has 0 aromatic carbocycles. The molecule has 11 heavy (non-hydrogen) atoms. The zero-order valence-corrected chi connectivity index (χ0v) is 5.86. The number of ether oxygens (including phenoxy) is 1. The SMILES string of the molecule is c1c[o+]c(C2=NCCO2)cn1. The van der Waals surface area contributed by atoms with Gasteiger partial charge in [0, 0.05) is 0 Å². The van der Waals surface area contributed by atoms with Crippen LogP contribution in [0.2, 0.25) is 0 Å². The van der Waals surface area contributed by atoms with Gasteiger partial charge in [-0.25, -0.2) is 14.4 Å². The van der Waals surface area contributed by atoms with Gasteiger partial charge in [-0.1, -0.05) is 0 Å². The lowest BCUT2D eigenvalue weighted by molar-refractivity contribution is 0.337. The van der Waals surface area contributed by atoms with Gasteiger partial charge in [-0.05, 0) is 0 Å². The molecule has 0 saturated heterocycles. The predicted molar refractivity (Wildman–Crippen MR) is 38.3 cm³/mol. The van der Waals surface area contributed by atoms with Crippen LogP contribution < -0.4 is 0 Å². The van der Waals surface area contributed by atoms with Crippen LogP contribution in [0.5, 0.6) is 0 Å². The lowest BCUT2D eigenvalue weighted by Crippen LogP contribution is -2.00. The fourth-order valence-corrected chi connectivity index (χ4v) is 0.870. The first-order chi connectivity index (χ1) is 5.47. The van der Waals surface area contributed by atoms with Crippen LogP contribution in [0.25, 0.3) is 0 Å². The lowest BCUT2D eigenvalue weighted by atomic mass is 10.5. The highest BCUT2D eigenvalue weighted by molar-refractivity contribution is 5.91. The Labute approximate surface area is 63.6 Å². The zero-order valence-electron chi connectivity index (χ0n) is 5.86. The van der Waals surface area contributed by atoms with Crippen LogP contribution in [0.4, 0.5) is 0 Å². The quantitative estimate of drug-likeness (QED) is 0.556. The van der Waals surface area contributed by atoms with Crippen molar-refractivity contribution >= 4 is 5.90 Å². The Balaban J connectivity index is 2.29. The van der Waals surface area contributed by atoms with E-state index in [9.17, 15) is 0 Å². The molecule has 4 heteroatoms. The molecule has 1 aromatic heterocycles. The number of rotatable bonds is 1. The monoisotopic (exact) mass is 151 g/mol. The van der Waals surface area contributed by atoms with Crippen molar-refractivity contribution in [3.05, 3.63) is 24.4 Å². The molecule has 0 atom stereocenters. The minimum atomic E-state index is 0.554. The molecule has 4 nitrogen and oxygen atoms in total. The Morgan fingerprint density at radius 1 is 1.55 bits per heavy atom. The minimum Gasteiger partial charge on any atom is -0.469 e. The third kappa shape index (κ3) is 1.19. The summed E-state index contributed by atoms with van der Waals surface area (Å²) < 4.78 is 10.2. The van der Waals surface area contributed by atoms with Crippen molar-refractivity contribution in [2.75, 3.05) is 13.2 Å². The molecule has 1 aromatic rings. The third-order valence-electron chi connectivity index (χ3n) is 1.33. The number of nitrogens with zero attached hydrogens (tertiary/aromatic N) is 2. The van der Waals surface area contributed by atoms with Crippen molar-refractivity contribution in [3.8, 4) is 0 Å². The van der Waals surface area contributed by atoms with Gasteiger partial charge < -0.3 is 4.74 Å². The molecule has 0 radical (unpaired) electrons. The molecule has 0 N–H and O–H groups in total. The number of aliphatic imine (C=N–C) groups is 1. The number of hydrogen-bond acceptors (Lipinski definition) is 3. The molecule has 56 valence electrons. The first-order valence-corrected chi connectivity index (χ1v) is 3.36. The fourth-order valence-electron chi connectivity index (χ4n) is 0.870. The molecule has 1 aliphatic rings. The maximum Gasteiger partial charge on any atom is 0.431 e. The van der Waals surface area contributed by atoms with Gasteiger partial charge in [0.25, 0.3) is 0 Å². The highest BCUT2D eigenvalue weighted by Gasteiger charge is 2.20. The summed E-state index contributed by atoms with van der Waals surface area (Å²) >= 11 is 0. The van der Waals surface area contributed by atoms with Crippen molar-refractivity contribution in [1.29, 1.82) is 0 Å². The molecule has 0 spiro atoms. The molecular formula is C7H7N2O2+. The Hall–Kier alpha value is -1.45. The van der Waals surface area contributed by atoms with Crippen molar-refractivity contribution < 1.29 is 9.15 Å². The standard InChI is InChI=1S/C7H7N2O2/c1-3-10-6(5-8-1)7-9-2-4-11-7/h1,3,5H,2,4H2/q+1. The average Bonchev–Trinajstić information content (AvgIpc) is 2.58. The van der Waals surface area contributed by atoms with E-state index < -0.39 is 0 Å². The molecule has 0 bridgehead atoms. The maximum atomic E-state index is 5.16. The van der Waals surface area contributed by atoms with Crippen LogP contribution in [0.1, 0.15) is 5.76 Å². The Morgan fingerprint density at radius 2 is 2.55 bits per heavy atom. The molecular weight excluding hydrogens is 144 g/mol. The molecule has 2 rings (SSSR count). The molecule has 1 aliphatic heterocycles. The second-order valence-corrected chi connectivity index (χ2v) is 2.08. The number of hydrogen-bond donors (Lipinski definition) is 0. The van der Waals surface area contributed by atoms with E-state index in [1.807, 2.05) is 0 Å². The Morgan fingerprint density at radius 3 is 3.18 bits per heavy atom. The van der Waals surface area contributed by atoms with E-state index in [1.54, 1.807) is 12.4 Å². The fraction of sp³-hybridized carbons (Fsp3) is 0.286. The normalized spacial score (nSPS) is 15.8. The molecule has 0 aliphatic carbocycles. The van der Waals surface area contributed by atoms with Gasteiger partial charge in [0.2, 0.25) is 0 Å². The van der Waals surface area contributed by atoms with E-state index in [-0.39, 0.29) is 0 Å². The van der Waals surface area contributed by atoms with Crippen molar-refractivity contribution in [2.45, 2.75) is 0 Å². The summed E-state index contributed by atoms with van der Waals surface area (Å²) in [6.45, 7) is 1.35. The van der Waals surface area contributed by atoms with Crippen LogP contribution in [-0.2, 0) is 4.74 Å². The van der Waals surface area contributed by atoms with Gasteiger partial charge in [0.1, 0.15) is 19.0 Å². The summed E-state index contributed by atoms with van der Waals surface area (Å²) in [6, 6.07) is 0. The van der Waals surface area contributed by atoms with Crippen LogP contribution >= 0.6 is 0 Å².